The molecule has 3 aromatic carbocycles. The van der Waals surface area contributed by atoms with E-state index >= 15 is 0 Å². The molecule has 1 radical (unpaired) electrons. The zero-order valence-electron chi connectivity index (χ0n) is 22.6. The maximum absolute atomic E-state index is 3.86. The van der Waals surface area contributed by atoms with Gasteiger partial charge in [0, 0.05) is 5.92 Å². The molecule has 0 N–H and O–H groups in total. The van der Waals surface area contributed by atoms with Crippen molar-refractivity contribution in [1.82, 2.24) is 0 Å². The Kier molecular flexibility index (Phi) is 9.22. The van der Waals surface area contributed by atoms with E-state index in [9.17, 15) is 0 Å². The molecule has 0 nitrogen and oxygen atoms in total. The second-order valence-corrected chi connectivity index (χ2v) is 12.0. The second-order valence-electron chi connectivity index (χ2n) is 12.0. The average molecular weight is 594 g/mol. The van der Waals surface area contributed by atoms with E-state index in [0.29, 0.717) is 0 Å². The summed E-state index contributed by atoms with van der Waals surface area (Å²) < 4.78 is 0. The van der Waals surface area contributed by atoms with E-state index in [0.717, 1.165) is 0 Å². The monoisotopic (exact) mass is 591 g/mol. The number of fused-ring (bicyclic) bond motifs is 3. The van der Waals surface area contributed by atoms with Crippen LogP contribution in [0.5, 0.6) is 0 Å². The van der Waals surface area contributed by atoms with Crippen molar-refractivity contribution >= 4 is 17.7 Å². The summed E-state index contributed by atoms with van der Waals surface area (Å²) in [6.07, 6.45) is 8.55. The molecule has 36 heavy (non-hydrogen) atoms. The van der Waals surface area contributed by atoms with E-state index in [1.165, 1.54) is 59.8 Å². The van der Waals surface area contributed by atoms with E-state index in [1.807, 2.05) is 0 Å². The summed E-state index contributed by atoms with van der Waals surface area (Å²) in [5, 5.41) is 5.32. The largest absolute Gasteiger partial charge is 3.00 e. The molecule has 0 saturated carbocycles. The number of hydrogen-bond donors (Lipinski definition) is 0. The van der Waals surface area contributed by atoms with Crippen LogP contribution in [0, 0.1) is 10.4 Å². The Morgan fingerprint density at radius 1 is 0.806 bits per heavy atom. The first-order chi connectivity index (χ1) is 15.5. The standard InChI is InChI=1S/C33H35.2ClH.Zr/c1-20(2)30-29(33(6,7)8)19-27-26-18-23(32(3,4)5)15-13-22(26)17-28(27)31(30)25-16-14-21-11-9-10-12-24(21)25;;;/h9-16,18-19,25H,1-8H3;2*1H;/q-1;;;+3/p-2. The van der Waals surface area contributed by atoms with Gasteiger partial charge in [-0.05, 0) is 41.4 Å². The van der Waals surface area contributed by atoms with E-state index < -0.39 is 0 Å². The van der Waals surface area contributed by atoms with Gasteiger partial charge in [0.25, 0.3) is 0 Å². The predicted molar refractivity (Wildman–Crippen MR) is 142 cm³/mol. The molecule has 2 aliphatic carbocycles. The number of hydrogen-bond acceptors (Lipinski definition) is 0. The van der Waals surface area contributed by atoms with Crippen molar-refractivity contribution in [2.45, 2.75) is 72.1 Å². The zero-order chi connectivity index (χ0) is 23.7. The van der Waals surface area contributed by atoms with Crippen molar-refractivity contribution < 1.29 is 51.0 Å². The summed E-state index contributed by atoms with van der Waals surface area (Å²) in [5.41, 5.74) is 9.80. The summed E-state index contributed by atoms with van der Waals surface area (Å²) in [6, 6.07) is 18.3. The van der Waals surface area contributed by atoms with Gasteiger partial charge in [-0.15, -0.1) is 33.4 Å². The number of benzene rings is 3. The quantitative estimate of drug-likeness (QED) is 0.289. The van der Waals surface area contributed by atoms with Gasteiger partial charge in [-0.2, -0.15) is 0 Å². The van der Waals surface area contributed by atoms with Gasteiger partial charge < -0.3 is 24.8 Å². The molecule has 1 atom stereocenters. The minimum atomic E-state index is 0. The van der Waals surface area contributed by atoms with Gasteiger partial charge in [0.1, 0.15) is 0 Å². The number of halogens is 2. The molecule has 0 aliphatic heterocycles. The smallest absolute Gasteiger partial charge is 1.00 e. The third-order valence-corrected chi connectivity index (χ3v) is 7.22. The Morgan fingerprint density at radius 3 is 2.08 bits per heavy atom. The van der Waals surface area contributed by atoms with Gasteiger partial charge in [0.05, 0.1) is 0 Å². The summed E-state index contributed by atoms with van der Waals surface area (Å²) in [7, 11) is 0. The van der Waals surface area contributed by atoms with Crippen molar-refractivity contribution in [1.29, 1.82) is 0 Å². The summed E-state index contributed by atoms with van der Waals surface area (Å²) >= 11 is 0. The van der Waals surface area contributed by atoms with Crippen LogP contribution in [0.25, 0.3) is 17.7 Å². The van der Waals surface area contributed by atoms with E-state index in [1.54, 1.807) is 0 Å². The summed E-state index contributed by atoms with van der Waals surface area (Å²) in [6.45, 7) is 18.5. The van der Waals surface area contributed by atoms with Crippen LogP contribution in [0.2, 0.25) is 0 Å². The molecule has 0 fully saturated rings. The van der Waals surface area contributed by atoms with E-state index in [2.05, 4.69) is 122 Å². The summed E-state index contributed by atoms with van der Waals surface area (Å²) in [4.78, 5) is 0. The molecule has 0 saturated heterocycles. The van der Waals surface area contributed by atoms with Crippen LogP contribution in [-0.2, 0) is 37.0 Å². The SMILES string of the molecule is CC(C)=c1c(C(C)(C)C)cc2c(c1C1C=Cc3ccccc31)[C-]=c1ccc(C(C)(C)C)cc1=2.[Cl-].[Cl-].[Zr+3]. The molecule has 5 rings (SSSR count). The van der Waals surface area contributed by atoms with Gasteiger partial charge in [-0.25, -0.2) is 0 Å². The Hall–Kier alpha value is -1.40. The first-order valence-electron chi connectivity index (χ1n) is 12.2. The van der Waals surface area contributed by atoms with Gasteiger partial charge in [0.15, 0.2) is 0 Å². The van der Waals surface area contributed by atoms with Crippen LogP contribution < -0.4 is 35.3 Å². The molecule has 3 aromatic rings. The Balaban J connectivity index is 0.00000152. The van der Waals surface area contributed by atoms with Crippen LogP contribution in [0.15, 0.2) is 54.6 Å². The molecule has 0 bridgehead atoms. The Labute approximate surface area is 248 Å². The van der Waals surface area contributed by atoms with Gasteiger partial charge >= 0.3 is 26.2 Å². The fourth-order valence-electron chi connectivity index (χ4n) is 5.47. The summed E-state index contributed by atoms with van der Waals surface area (Å²) in [5.74, 6) is 0.256. The van der Waals surface area contributed by atoms with E-state index in [-0.39, 0.29) is 67.8 Å². The fourth-order valence-corrected chi connectivity index (χ4v) is 5.47. The van der Waals surface area contributed by atoms with Gasteiger partial charge in [-0.3, -0.25) is 0 Å². The van der Waals surface area contributed by atoms with Crippen LogP contribution in [-0.4, -0.2) is 0 Å². The van der Waals surface area contributed by atoms with Crippen molar-refractivity contribution in [3.05, 3.63) is 109 Å². The molecule has 3 heteroatoms. The zero-order valence-corrected chi connectivity index (χ0v) is 26.6. The normalized spacial score (nSPS) is 14.9. The molecule has 2 aliphatic rings. The third kappa shape index (κ3) is 5.14. The molecular formula is C33H35Cl2Zr. The van der Waals surface area contributed by atoms with Crippen molar-refractivity contribution in [2.24, 2.45) is 0 Å². The first-order valence-corrected chi connectivity index (χ1v) is 12.2. The predicted octanol–water partition coefficient (Wildman–Crippen LogP) is 0.942. The molecular weight excluding hydrogens is 558 g/mol. The van der Waals surface area contributed by atoms with E-state index in [4.69, 9.17) is 0 Å². The number of allylic oxidation sites excluding steroid dienone is 1. The minimum absolute atomic E-state index is 0. The molecule has 0 spiro atoms. The van der Waals surface area contributed by atoms with Gasteiger partial charge in [0.2, 0.25) is 0 Å². The molecule has 0 amide bonds. The fraction of sp³-hybridized carbons (Fsp3) is 0.333. The molecule has 1 unspecified atom stereocenters. The Morgan fingerprint density at radius 2 is 1.47 bits per heavy atom. The Bertz CT molecular complexity index is 1540. The molecule has 185 valence electrons. The van der Waals surface area contributed by atoms with Crippen LogP contribution >= 0.6 is 0 Å². The van der Waals surface area contributed by atoms with Crippen molar-refractivity contribution in [2.75, 3.05) is 0 Å². The molecule has 0 aromatic heterocycles. The maximum atomic E-state index is 3.86. The van der Waals surface area contributed by atoms with Crippen LogP contribution in [0.1, 0.15) is 94.7 Å². The van der Waals surface area contributed by atoms with Crippen molar-refractivity contribution in [3.63, 3.8) is 0 Å². The van der Waals surface area contributed by atoms with Crippen molar-refractivity contribution in [3.8, 4) is 0 Å². The van der Waals surface area contributed by atoms with Crippen LogP contribution in [0.3, 0.4) is 0 Å². The molecule has 0 heterocycles. The number of rotatable bonds is 1. The average Bonchev–Trinajstić information content (AvgIpc) is 3.32. The minimum Gasteiger partial charge on any atom is -1.00 e. The third-order valence-electron chi connectivity index (χ3n) is 7.22. The maximum Gasteiger partial charge on any atom is 3.00 e. The van der Waals surface area contributed by atoms with Gasteiger partial charge in [-0.1, -0.05) is 118 Å². The van der Waals surface area contributed by atoms with Crippen LogP contribution in [0.4, 0.5) is 0 Å². The first kappa shape index (κ1) is 30.8. The topological polar surface area (TPSA) is 0 Å². The second kappa shape index (κ2) is 10.8.